The number of nitrogens with two attached hydrogens (primary N) is 3. The number of anilines is 2. The van der Waals surface area contributed by atoms with Gasteiger partial charge in [0.05, 0.1) is 12.9 Å². The Morgan fingerprint density at radius 3 is 2.45 bits per heavy atom. The summed E-state index contributed by atoms with van der Waals surface area (Å²) in [6.45, 7) is 3.28. The van der Waals surface area contributed by atoms with Gasteiger partial charge in [-0.05, 0) is 54.2 Å². The van der Waals surface area contributed by atoms with E-state index >= 15 is 0 Å². The summed E-state index contributed by atoms with van der Waals surface area (Å²) in [6.07, 6.45) is 4.36. The van der Waals surface area contributed by atoms with Gasteiger partial charge in [0, 0.05) is 6.54 Å². The number of hydrogen-bond acceptors (Lipinski definition) is 9. The van der Waals surface area contributed by atoms with E-state index in [2.05, 4.69) is 57.5 Å². The quantitative estimate of drug-likeness (QED) is 0.111. The zero-order valence-electron chi connectivity index (χ0n) is 21.1. The first-order chi connectivity index (χ1) is 17.9. The fourth-order valence-corrected chi connectivity index (χ4v) is 3.33. The van der Waals surface area contributed by atoms with Gasteiger partial charge in [0.2, 0.25) is 0 Å². The molecule has 0 atom stereocenters. The van der Waals surface area contributed by atoms with Crippen molar-refractivity contribution in [1.29, 1.82) is 0 Å². The first-order valence-electron chi connectivity index (χ1n) is 11.6. The Labute approximate surface area is 226 Å². The lowest BCUT2D eigenvalue weighted by Crippen LogP contribution is -2.38. The first-order valence-corrected chi connectivity index (χ1v) is 13.9. The number of aromatic nitrogens is 2. The summed E-state index contributed by atoms with van der Waals surface area (Å²) in [4.78, 5) is 24.0. The van der Waals surface area contributed by atoms with Gasteiger partial charge in [-0.1, -0.05) is 42.8 Å². The fraction of sp³-hybridized carbons (Fsp3) is 0.333. The highest BCUT2D eigenvalue weighted by atomic mass is 35.5. The van der Waals surface area contributed by atoms with Gasteiger partial charge in [-0.3, -0.25) is 19.7 Å². The second kappa shape index (κ2) is 14.3. The molecule has 0 radical (unpaired) electrons. The van der Waals surface area contributed by atoms with Crippen LogP contribution in [0, 0.1) is 0 Å². The highest BCUT2D eigenvalue weighted by Crippen LogP contribution is 2.23. The van der Waals surface area contributed by atoms with Gasteiger partial charge in [-0.15, -0.1) is 0 Å². The van der Waals surface area contributed by atoms with Crippen molar-refractivity contribution in [3.05, 3.63) is 52.8 Å². The number of halogens is 1. The molecule has 206 valence electrons. The van der Waals surface area contributed by atoms with Crippen LogP contribution in [0.25, 0.3) is 10.8 Å². The van der Waals surface area contributed by atoms with Crippen molar-refractivity contribution in [2.75, 3.05) is 30.9 Å². The Morgan fingerprint density at radius 2 is 1.76 bits per heavy atom. The summed E-state index contributed by atoms with van der Waals surface area (Å²) < 4.78 is 31.6. The van der Waals surface area contributed by atoms with E-state index in [9.17, 15) is 13.2 Å². The Bertz CT molecular complexity index is 1390. The van der Waals surface area contributed by atoms with Gasteiger partial charge in [-0.25, -0.2) is 9.97 Å². The summed E-state index contributed by atoms with van der Waals surface area (Å²) in [5, 5.41) is 4.67. The average molecular weight is 566 g/mol. The zero-order chi connectivity index (χ0) is 28.3. The van der Waals surface area contributed by atoms with Gasteiger partial charge in [0.25, 0.3) is 16.0 Å². The van der Waals surface area contributed by atoms with E-state index in [1.807, 2.05) is 6.07 Å². The third-order valence-corrected chi connectivity index (χ3v) is 5.14. The number of guanidine groups is 1. The van der Waals surface area contributed by atoms with E-state index in [1.54, 1.807) is 0 Å². The highest BCUT2D eigenvalue weighted by Gasteiger charge is 2.16. The van der Waals surface area contributed by atoms with Crippen molar-refractivity contribution in [2.45, 2.75) is 32.6 Å². The second-order valence-electron chi connectivity index (χ2n) is 8.24. The Hall–Kier alpha value is -3.68. The SMILES string of the molecule is CCCOc1ccc2cc(CCCCN=C(N)NC(=O)c3nc(Cl)c(N)nc3N)ccc2c1.CS(=O)(=O)O. The number of carbonyl (C=O) groups excluding carboxylic acids is 1. The molecule has 0 saturated heterocycles. The molecule has 0 aliphatic carbocycles. The number of amides is 1. The number of nitrogens with zero attached hydrogens (tertiary/aromatic N) is 3. The van der Waals surface area contributed by atoms with Crippen LogP contribution >= 0.6 is 11.6 Å². The number of aryl methyl sites for hydroxylation is 1. The molecule has 14 heteroatoms. The van der Waals surface area contributed by atoms with Crippen molar-refractivity contribution in [3.8, 4) is 5.75 Å². The van der Waals surface area contributed by atoms with E-state index in [1.165, 1.54) is 10.9 Å². The minimum absolute atomic E-state index is 0.0269. The Kier molecular flexibility index (Phi) is 11.5. The molecule has 1 heterocycles. The summed E-state index contributed by atoms with van der Waals surface area (Å²) in [5.74, 6) is 0.0317. The molecule has 1 amide bonds. The van der Waals surface area contributed by atoms with Crippen LogP contribution in [-0.2, 0) is 16.5 Å². The molecule has 38 heavy (non-hydrogen) atoms. The van der Waals surface area contributed by atoms with Crippen molar-refractivity contribution in [1.82, 2.24) is 15.3 Å². The fourth-order valence-electron chi connectivity index (χ4n) is 3.20. The van der Waals surface area contributed by atoms with E-state index in [4.69, 9.17) is 38.1 Å². The molecule has 0 unspecified atom stereocenters. The number of benzene rings is 2. The van der Waals surface area contributed by atoms with Gasteiger partial charge in [0.15, 0.2) is 28.4 Å². The maximum absolute atomic E-state index is 12.2. The van der Waals surface area contributed by atoms with Crippen molar-refractivity contribution < 1.29 is 22.5 Å². The predicted molar refractivity (Wildman–Crippen MR) is 150 cm³/mol. The third kappa shape index (κ3) is 10.7. The highest BCUT2D eigenvalue weighted by molar-refractivity contribution is 7.85. The van der Waals surface area contributed by atoms with Gasteiger partial charge in [-0.2, -0.15) is 8.42 Å². The topological polar surface area (TPSA) is 209 Å². The Morgan fingerprint density at radius 1 is 1.11 bits per heavy atom. The predicted octanol–water partition coefficient (Wildman–Crippen LogP) is 2.81. The number of fused-ring (bicyclic) bond motifs is 1. The molecule has 0 bridgehead atoms. The normalized spacial score (nSPS) is 11.5. The minimum Gasteiger partial charge on any atom is -0.494 e. The van der Waals surface area contributed by atoms with E-state index in [0.717, 1.165) is 43.4 Å². The van der Waals surface area contributed by atoms with E-state index in [-0.39, 0.29) is 28.4 Å². The number of ether oxygens (including phenoxy) is 1. The van der Waals surface area contributed by atoms with Crippen LogP contribution in [0.2, 0.25) is 5.15 Å². The van der Waals surface area contributed by atoms with Gasteiger partial charge in [0.1, 0.15) is 5.75 Å². The lowest BCUT2D eigenvalue weighted by atomic mass is 10.0. The molecule has 0 saturated carbocycles. The Balaban J connectivity index is 0.000000926. The number of hydrogen-bond donors (Lipinski definition) is 5. The van der Waals surface area contributed by atoms with Crippen molar-refractivity contribution in [2.24, 2.45) is 10.7 Å². The molecule has 0 aliphatic rings. The monoisotopic (exact) mass is 565 g/mol. The largest absolute Gasteiger partial charge is 0.494 e. The van der Waals surface area contributed by atoms with Crippen LogP contribution in [-0.4, -0.2) is 54.2 Å². The molecule has 1 aromatic heterocycles. The van der Waals surface area contributed by atoms with Crippen molar-refractivity contribution in [3.63, 3.8) is 0 Å². The zero-order valence-corrected chi connectivity index (χ0v) is 22.7. The van der Waals surface area contributed by atoms with Crippen LogP contribution in [0.15, 0.2) is 41.4 Å². The molecule has 0 fully saturated rings. The first kappa shape index (κ1) is 30.5. The maximum Gasteiger partial charge on any atom is 0.280 e. The van der Waals surface area contributed by atoms with E-state index in [0.29, 0.717) is 12.8 Å². The molecule has 0 aliphatic heterocycles. The number of aliphatic imine (C=N–C) groups is 1. The van der Waals surface area contributed by atoms with E-state index < -0.39 is 16.0 Å². The second-order valence-corrected chi connectivity index (χ2v) is 10.1. The third-order valence-electron chi connectivity index (χ3n) is 4.87. The number of rotatable bonds is 9. The number of nitrogen functional groups attached to an aromatic ring is 2. The lowest BCUT2D eigenvalue weighted by molar-refractivity contribution is 0.0972. The maximum atomic E-state index is 12.2. The molecule has 12 nitrogen and oxygen atoms in total. The van der Waals surface area contributed by atoms with Crippen LogP contribution in [0.5, 0.6) is 5.75 Å². The minimum atomic E-state index is -3.67. The van der Waals surface area contributed by atoms with Crippen LogP contribution in [0.3, 0.4) is 0 Å². The van der Waals surface area contributed by atoms with Crippen LogP contribution < -0.4 is 27.3 Å². The summed E-state index contributed by atoms with van der Waals surface area (Å²) in [5.41, 5.74) is 18.1. The summed E-state index contributed by atoms with van der Waals surface area (Å²) in [7, 11) is -3.67. The van der Waals surface area contributed by atoms with Crippen LogP contribution in [0.1, 0.15) is 42.2 Å². The summed E-state index contributed by atoms with van der Waals surface area (Å²) in [6, 6.07) is 12.6. The number of unbranched alkanes of at least 4 members (excludes halogenated alkanes) is 1. The molecule has 3 rings (SSSR count). The molecule has 8 N–H and O–H groups in total. The lowest BCUT2D eigenvalue weighted by Gasteiger charge is -2.08. The molecular weight excluding hydrogens is 534 g/mol. The van der Waals surface area contributed by atoms with Gasteiger partial charge >= 0.3 is 0 Å². The smallest absolute Gasteiger partial charge is 0.280 e. The standard InChI is InChI=1S/C23H28ClN7O2.CH4O3S/c1-2-11-33-17-9-8-15-12-14(6-7-16(15)13-17)5-3-4-10-28-23(27)31-22(32)18-20(25)30-21(26)19(24)29-18;1-5(2,3)4/h6-9,12-13H,2-5,10-11H2,1H3,(H4,25,26,30)(H3,27,28,31,32);1H3,(H,2,3,4). The van der Waals surface area contributed by atoms with Crippen LogP contribution in [0.4, 0.5) is 11.6 Å². The molecular formula is C24H32ClN7O5S. The molecule has 0 spiro atoms. The van der Waals surface area contributed by atoms with Gasteiger partial charge < -0.3 is 21.9 Å². The number of nitrogens with one attached hydrogen (secondary N) is 1. The average Bonchev–Trinajstić information content (AvgIpc) is 2.83. The van der Waals surface area contributed by atoms with Crippen molar-refractivity contribution >= 4 is 56.0 Å². The summed E-state index contributed by atoms with van der Waals surface area (Å²) >= 11 is 5.79. The molecule has 2 aromatic carbocycles. The number of carbonyl (C=O) groups is 1. The molecule has 3 aromatic rings.